The number of benzene rings is 1. The average molecular weight is 413 g/mol. The van der Waals surface area contributed by atoms with Gasteiger partial charge in [-0.25, -0.2) is 4.98 Å². The van der Waals surface area contributed by atoms with E-state index in [0.29, 0.717) is 26.4 Å². The highest BCUT2D eigenvalue weighted by molar-refractivity contribution is 7.14. The van der Waals surface area contributed by atoms with E-state index in [2.05, 4.69) is 15.2 Å². The first-order valence-corrected chi connectivity index (χ1v) is 9.66. The number of aromatic nitrogens is 1. The quantitative estimate of drug-likeness (QED) is 0.834. The Bertz CT molecular complexity index is 842. The molecule has 138 valence electrons. The van der Waals surface area contributed by atoms with Gasteiger partial charge in [0.05, 0.1) is 10.0 Å². The largest absolute Gasteiger partial charge is 0.336 e. The van der Waals surface area contributed by atoms with Gasteiger partial charge in [0, 0.05) is 30.6 Å². The minimum Gasteiger partial charge on any atom is -0.336 e. The summed E-state index contributed by atoms with van der Waals surface area (Å²) in [7, 11) is 3.83. The Morgan fingerprint density at radius 2 is 2.12 bits per heavy atom. The van der Waals surface area contributed by atoms with Gasteiger partial charge in [0.25, 0.3) is 11.8 Å². The fourth-order valence-electron chi connectivity index (χ4n) is 2.81. The summed E-state index contributed by atoms with van der Waals surface area (Å²) >= 11 is 13.0. The number of carbonyl (C=O) groups excluding carboxylic acids is 2. The second kappa shape index (κ2) is 7.92. The van der Waals surface area contributed by atoms with Crippen molar-refractivity contribution >= 4 is 51.5 Å². The maximum Gasteiger partial charge on any atom is 0.273 e. The standard InChI is InChI=1S/C17H18Cl2N4O2S/c1-22-6-5-11(8-22)23(2)16(25)14-9-26-17(20-14)21-15(24)10-3-4-12(18)13(19)7-10/h3-4,7,9,11H,5-6,8H2,1-2H3,(H,20,21,24)/t11-/m0/s1. The molecule has 1 aliphatic rings. The number of nitrogens with one attached hydrogen (secondary N) is 1. The Hall–Kier alpha value is -1.67. The van der Waals surface area contributed by atoms with Crippen LogP contribution < -0.4 is 5.32 Å². The summed E-state index contributed by atoms with van der Waals surface area (Å²) in [6.45, 7) is 1.83. The van der Waals surface area contributed by atoms with E-state index in [1.54, 1.807) is 29.5 Å². The number of hydrogen-bond acceptors (Lipinski definition) is 5. The van der Waals surface area contributed by atoms with Gasteiger partial charge in [0.15, 0.2) is 5.13 Å². The molecule has 1 aliphatic heterocycles. The lowest BCUT2D eigenvalue weighted by Gasteiger charge is -2.23. The first-order chi connectivity index (χ1) is 12.3. The summed E-state index contributed by atoms with van der Waals surface area (Å²) in [6, 6.07) is 4.81. The lowest BCUT2D eigenvalue weighted by Crippen LogP contribution is -2.38. The molecule has 9 heteroatoms. The summed E-state index contributed by atoms with van der Waals surface area (Å²) in [6.07, 6.45) is 0.948. The van der Waals surface area contributed by atoms with Crippen LogP contribution in [0.25, 0.3) is 0 Å². The number of nitrogens with zero attached hydrogens (tertiary/aromatic N) is 3. The number of thiazole rings is 1. The fraction of sp³-hybridized carbons (Fsp3) is 0.353. The van der Waals surface area contributed by atoms with E-state index in [9.17, 15) is 9.59 Å². The molecule has 1 aromatic carbocycles. The van der Waals surface area contributed by atoms with Gasteiger partial charge in [-0.1, -0.05) is 23.2 Å². The normalized spacial score (nSPS) is 17.3. The SMILES string of the molecule is CN1CC[C@H](N(C)C(=O)c2csc(NC(=O)c3ccc(Cl)c(Cl)c3)n2)C1. The topological polar surface area (TPSA) is 65.5 Å². The van der Waals surface area contributed by atoms with Crippen LogP contribution in [0, 0.1) is 0 Å². The van der Waals surface area contributed by atoms with E-state index in [1.165, 1.54) is 17.4 Å². The van der Waals surface area contributed by atoms with Crippen molar-refractivity contribution in [1.82, 2.24) is 14.8 Å². The van der Waals surface area contributed by atoms with Gasteiger partial charge in [-0.2, -0.15) is 0 Å². The van der Waals surface area contributed by atoms with Crippen molar-refractivity contribution in [3.05, 3.63) is 44.9 Å². The van der Waals surface area contributed by atoms with E-state index in [4.69, 9.17) is 23.2 Å². The smallest absolute Gasteiger partial charge is 0.273 e. The minimum atomic E-state index is -0.359. The van der Waals surface area contributed by atoms with E-state index >= 15 is 0 Å². The van der Waals surface area contributed by atoms with Crippen LogP contribution in [0.2, 0.25) is 10.0 Å². The molecule has 1 saturated heterocycles. The number of halogens is 2. The van der Waals surface area contributed by atoms with E-state index in [1.807, 2.05) is 7.05 Å². The predicted molar refractivity (Wildman–Crippen MR) is 105 cm³/mol. The summed E-state index contributed by atoms with van der Waals surface area (Å²) in [5, 5.41) is 5.38. The van der Waals surface area contributed by atoms with Crippen LogP contribution in [0.5, 0.6) is 0 Å². The van der Waals surface area contributed by atoms with Crippen LogP contribution in [0.15, 0.2) is 23.6 Å². The van der Waals surface area contributed by atoms with Gasteiger partial charge in [-0.05, 0) is 38.2 Å². The molecule has 3 rings (SSSR count). The van der Waals surface area contributed by atoms with Crippen molar-refractivity contribution in [2.75, 3.05) is 32.5 Å². The fourth-order valence-corrected chi connectivity index (χ4v) is 3.79. The molecule has 2 amide bonds. The van der Waals surface area contributed by atoms with Crippen LogP contribution in [0.1, 0.15) is 27.3 Å². The van der Waals surface area contributed by atoms with Crippen molar-refractivity contribution in [3.63, 3.8) is 0 Å². The Kier molecular flexibility index (Phi) is 5.82. The van der Waals surface area contributed by atoms with E-state index < -0.39 is 0 Å². The molecule has 0 bridgehead atoms. The van der Waals surface area contributed by atoms with Crippen molar-refractivity contribution in [3.8, 4) is 0 Å². The minimum absolute atomic E-state index is 0.142. The number of anilines is 1. The highest BCUT2D eigenvalue weighted by Gasteiger charge is 2.28. The van der Waals surface area contributed by atoms with Crippen LogP contribution in [-0.2, 0) is 0 Å². The molecule has 1 aromatic heterocycles. The number of likely N-dealkylation sites (N-methyl/N-ethyl adjacent to an activating group) is 2. The maximum atomic E-state index is 12.6. The Morgan fingerprint density at radius 1 is 1.35 bits per heavy atom. The Balaban J connectivity index is 1.66. The molecule has 0 aliphatic carbocycles. The lowest BCUT2D eigenvalue weighted by molar-refractivity contribution is 0.0732. The Morgan fingerprint density at radius 3 is 2.77 bits per heavy atom. The zero-order valence-corrected chi connectivity index (χ0v) is 16.7. The second-order valence-electron chi connectivity index (χ2n) is 6.24. The van der Waals surface area contributed by atoms with Gasteiger partial charge in [-0.15, -0.1) is 11.3 Å². The monoisotopic (exact) mass is 412 g/mol. The van der Waals surface area contributed by atoms with Crippen molar-refractivity contribution in [2.45, 2.75) is 12.5 Å². The molecular formula is C17H18Cl2N4O2S. The molecule has 1 atom stereocenters. The number of amides is 2. The van der Waals surface area contributed by atoms with Crippen molar-refractivity contribution in [1.29, 1.82) is 0 Å². The third-order valence-corrected chi connectivity index (χ3v) is 5.86. The van der Waals surface area contributed by atoms with Gasteiger partial charge >= 0.3 is 0 Å². The molecule has 6 nitrogen and oxygen atoms in total. The summed E-state index contributed by atoms with van der Waals surface area (Å²) in [4.78, 5) is 33.1. The van der Waals surface area contributed by atoms with Crippen LogP contribution >= 0.6 is 34.5 Å². The molecule has 1 fully saturated rings. The van der Waals surface area contributed by atoms with Gasteiger partial charge in [0.2, 0.25) is 0 Å². The third-order valence-electron chi connectivity index (χ3n) is 4.36. The zero-order chi connectivity index (χ0) is 18.8. The molecule has 0 saturated carbocycles. The average Bonchev–Trinajstić information content (AvgIpc) is 3.25. The van der Waals surface area contributed by atoms with Gasteiger partial charge < -0.3 is 9.80 Å². The lowest BCUT2D eigenvalue weighted by atomic mass is 10.2. The van der Waals surface area contributed by atoms with Gasteiger partial charge in [-0.3, -0.25) is 14.9 Å². The molecule has 26 heavy (non-hydrogen) atoms. The first kappa shape index (κ1) is 19.1. The number of likely N-dealkylation sites (tertiary alicyclic amines) is 1. The van der Waals surface area contributed by atoms with Crippen LogP contribution in [0.4, 0.5) is 5.13 Å². The molecule has 2 aromatic rings. The zero-order valence-electron chi connectivity index (χ0n) is 14.3. The molecule has 2 heterocycles. The van der Waals surface area contributed by atoms with Crippen LogP contribution in [-0.4, -0.2) is 59.8 Å². The molecule has 0 unspecified atom stereocenters. The van der Waals surface area contributed by atoms with Crippen molar-refractivity contribution < 1.29 is 9.59 Å². The molecule has 1 N–H and O–H groups in total. The second-order valence-corrected chi connectivity index (χ2v) is 7.91. The maximum absolute atomic E-state index is 12.6. The van der Waals surface area contributed by atoms with Crippen molar-refractivity contribution in [2.24, 2.45) is 0 Å². The highest BCUT2D eigenvalue weighted by atomic mass is 35.5. The predicted octanol–water partition coefficient (Wildman–Crippen LogP) is 3.48. The molecular weight excluding hydrogens is 395 g/mol. The van der Waals surface area contributed by atoms with Gasteiger partial charge in [0.1, 0.15) is 5.69 Å². The summed E-state index contributed by atoms with van der Waals surface area (Å²) < 4.78 is 0. The number of rotatable bonds is 4. The van der Waals surface area contributed by atoms with Crippen LogP contribution in [0.3, 0.4) is 0 Å². The summed E-state index contributed by atoms with van der Waals surface area (Å²) in [5.74, 6) is -0.501. The summed E-state index contributed by atoms with van der Waals surface area (Å²) in [5.41, 5.74) is 0.699. The Labute approximate surface area is 165 Å². The van der Waals surface area contributed by atoms with E-state index in [0.717, 1.165) is 19.5 Å². The molecule has 0 spiro atoms. The highest BCUT2D eigenvalue weighted by Crippen LogP contribution is 2.24. The number of carbonyl (C=O) groups is 2. The van der Waals surface area contributed by atoms with E-state index in [-0.39, 0.29) is 17.9 Å². The number of hydrogen-bond donors (Lipinski definition) is 1. The third kappa shape index (κ3) is 4.17. The molecule has 0 radical (unpaired) electrons. The first-order valence-electron chi connectivity index (χ1n) is 8.03.